The second-order valence-corrected chi connectivity index (χ2v) is 5.77. The molecule has 0 amide bonds. The second kappa shape index (κ2) is 6.88. The molecule has 1 aliphatic heterocycles. The van der Waals surface area contributed by atoms with Crippen molar-refractivity contribution < 1.29 is 0 Å². The third-order valence-electron chi connectivity index (χ3n) is 4.49. The van der Waals surface area contributed by atoms with Crippen molar-refractivity contribution in [3.8, 4) is 0 Å². The van der Waals surface area contributed by atoms with E-state index in [0.717, 1.165) is 13.1 Å². The van der Waals surface area contributed by atoms with Gasteiger partial charge in [-0.05, 0) is 55.1 Å². The van der Waals surface area contributed by atoms with Gasteiger partial charge in [-0.25, -0.2) is 0 Å². The minimum atomic E-state index is 0.603. The summed E-state index contributed by atoms with van der Waals surface area (Å²) in [5.74, 6) is 0. The Morgan fingerprint density at radius 2 is 1.62 bits per heavy atom. The summed E-state index contributed by atoms with van der Waals surface area (Å²) in [4.78, 5) is 0. The van der Waals surface area contributed by atoms with Crippen molar-refractivity contribution in [1.82, 2.24) is 10.6 Å². The van der Waals surface area contributed by atoms with Gasteiger partial charge in [-0.15, -0.1) is 0 Å². The molecule has 1 aliphatic carbocycles. The van der Waals surface area contributed by atoms with E-state index in [9.17, 15) is 0 Å². The summed E-state index contributed by atoms with van der Waals surface area (Å²) in [7, 11) is 2.03. The number of fused-ring (bicyclic) bond motifs is 2. The molecule has 4 rings (SSSR count). The van der Waals surface area contributed by atoms with Crippen LogP contribution in [0.15, 0.2) is 48.5 Å². The van der Waals surface area contributed by atoms with Gasteiger partial charge in [0.1, 0.15) is 0 Å². The third kappa shape index (κ3) is 3.34. The first-order chi connectivity index (χ1) is 10.4. The van der Waals surface area contributed by atoms with Crippen LogP contribution in [0.5, 0.6) is 0 Å². The fourth-order valence-electron chi connectivity index (χ4n) is 3.28. The highest BCUT2D eigenvalue weighted by molar-refractivity contribution is 5.34. The van der Waals surface area contributed by atoms with Crippen LogP contribution in [0, 0.1) is 0 Å². The first-order valence-electron chi connectivity index (χ1n) is 7.91. The van der Waals surface area contributed by atoms with Gasteiger partial charge in [0.05, 0.1) is 0 Å². The Kier molecular flexibility index (Phi) is 4.69. The van der Waals surface area contributed by atoms with Crippen molar-refractivity contribution in [3.63, 3.8) is 0 Å². The van der Waals surface area contributed by atoms with Crippen molar-refractivity contribution in [1.29, 1.82) is 0 Å². The van der Waals surface area contributed by atoms with Crippen LogP contribution in [0.25, 0.3) is 0 Å². The van der Waals surface area contributed by atoms with E-state index >= 15 is 0 Å². The minimum absolute atomic E-state index is 0.603. The molecule has 0 bridgehead atoms. The van der Waals surface area contributed by atoms with Crippen molar-refractivity contribution in [3.05, 3.63) is 70.8 Å². The summed E-state index contributed by atoms with van der Waals surface area (Å²) >= 11 is 0. The highest BCUT2D eigenvalue weighted by Crippen LogP contribution is 2.29. The Labute approximate surface area is 127 Å². The Balaban J connectivity index is 0.000000126. The molecule has 0 fully saturated rings. The second-order valence-electron chi connectivity index (χ2n) is 5.77. The van der Waals surface area contributed by atoms with Crippen LogP contribution in [0.4, 0.5) is 0 Å². The maximum absolute atomic E-state index is 3.34. The monoisotopic (exact) mass is 280 g/mol. The van der Waals surface area contributed by atoms with Gasteiger partial charge >= 0.3 is 0 Å². The van der Waals surface area contributed by atoms with Gasteiger partial charge in [-0.3, -0.25) is 0 Å². The molecule has 0 aromatic heterocycles. The average molecular weight is 280 g/mol. The topological polar surface area (TPSA) is 24.1 Å². The lowest BCUT2D eigenvalue weighted by Crippen LogP contribution is -2.23. The molecule has 2 aromatic rings. The maximum atomic E-state index is 3.34. The molecule has 1 atom stereocenters. The highest BCUT2D eigenvalue weighted by atomic mass is 14.9. The Morgan fingerprint density at radius 1 is 0.905 bits per heavy atom. The molecule has 1 heterocycles. The van der Waals surface area contributed by atoms with E-state index in [1.165, 1.54) is 41.5 Å². The molecule has 0 radical (unpaired) electrons. The third-order valence-corrected chi connectivity index (χ3v) is 4.49. The van der Waals surface area contributed by atoms with Crippen LogP contribution in [-0.4, -0.2) is 13.6 Å². The normalized spacial score (nSPS) is 19.2. The molecule has 2 aliphatic rings. The summed E-state index contributed by atoms with van der Waals surface area (Å²) < 4.78 is 0. The van der Waals surface area contributed by atoms with Gasteiger partial charge < -0.3 is 10.6 Å². The molecule has 2 nitrogen and oxygen atoms in total. The van der Waals surface area contributed by atoms with Gasteiger partial charge in [0.2, 0.25) is 0 Å². The Morgan fingerprint density at radius 3 is 2.38 bits per heavy atom. The maximum Gasteiger partial charge on any atom is 0.0323 e. The van der Waals surface area contributed by atoms with Crippen LogP contribution in [0.1, 0.15) is 34.7 Å². The van der Waals surface area contributed by atoms with Crippen LogP contribution < -0.4 is 10.6 Å². The quantitative estimate of drug-likeness (QED) is 0.838. The fraction of sp³-hybridized carbons (Fsp3) is 0.368. The van der Waals surface area contributed by atoms with Crippen LogP contribution >= 0.6 is 0 Å². The summed E-state index contributed by atoms with van der Waals surface area (Å²) in [5, 5.41) is 6.66. The summed E-state index contributed by atoms with van der Waals surface area (Å²) in [6.45, 7) is 2.19. The van der Waals surface area contributed by atoms with E-state index in [0.29, 0.717) is 6.04 Å². The van der Waals surface area contributed by atoms with Gasteiger partial charge in [0.25, 0.3) is 0 Å². The number of hydrogen-bond acceptors (Lipinski definition) is 2. The first kappa shape index (κ1) is 14.3. The molecule has 0 saturated heterocycles. The lowest BCUT2D eigenvalue weighted by atomic mass is 10.0. The highest BCUT2D eigenvalue weighted by Gasteiger charge is 2.19. The SMILES string of the molecule is CNC1CCc2ccccc21.c1ccc2c(c1)CCNC2. The zero-order valence-electron chi connectivity index (χ0n) is 12.7. The summed E-state index contributed by atoms with van der Waals surface area (Å²) in [6, 6.07) is 17.9. The molecule has 110 valence electrons. The number of aryl methyl sites for hydroxylation is 1. The van der Waals surface area contributed by atoms with E-state index in [1.807, 2.05) is 7.05 Å². The van der Waals surface area contributed by atoms with E-state index in [-0.39, 0.29) is 0 Å². The number of benzene rings is 2. The van der Waals surface area contributed by atoms with E-state index in [4.69, 9.17) is 0 Å². The predicted molar refractivity (Wildman–Crippen MR) is 88.4 cm³/mol. The first-order valence-corrected chi connectivity index (χ1v) is 7.91. The average Bonchev–Trinajstić information content (AvgIpc) is 2.99. The van der Waals surface area contributed by atoms with Crippen LogP contribution in [0.2, 0.25) is 0 Å². The predicted octanol–water partition coefficient (Wildman–Crippen LogP) is 3.23. The lowest BCUT2D eigenvalue weighted by Gasteiger charge is -2.15. The molecule has 0 saturated carbocycles. The smallest absolute Gasteiger partial charge is 0.0323 e. The molecule has 2 heteroatoms. The summed E-state index contributed by atoms with van der Waals surface area (Å²) in [6.07, 6.45) is 3.69. The van der Waals surface area contributed by atoms with Crippen molar-refractivity contribution >= 4 is 0 Å². The molecule has 2 N–H and O–H groups in total. The van der Waals surface area contributed by atoms with Gasteiger partial charge in [-0.2, -0.15) is 0 Å². The van der Waals surface area contributed by atoms with Crippen molar-refractivity contribution in [2.45, 2.75) is 31.8 Å². The molecule has 2 aromatic carbocycles. The Hall–Kier alpha value is -1.64. The fourth-order valence-corrected chi connectivity index (χ4v) is 3.28. The standard InChI is InChI=1S/C10H13N.C9H11N/c1-11-10-7-6-8-4-2-3-5-9(8)10;1-2-4-9-7-10-6-5-8(9)3-1/h2-5,10-11H,6-7H2,1H3;1-4,10H,5-7H2. The van der Waals surface area contributed by atoms with E-state index in [1.54, 1.807) is 0 Å². The molecular formula is C19H24N2. The van der Waals surface area contributed by atoms with Crippen molar-refractivity contribution in [2.75, 3.05) is 13.6 Å². The van der Waals surface area contributed by atoms with Crippen LogP contribution in [0.3, 0.4) is 0 Å². The number of nitrogens with one attached hydrogen (secondary N) is 2. The molecule has 1 unspecified atom stereocenters. The zero-order chi connectivity index (χ0) is 14.5. The molecule has 21 heavy (non-hydrogen) atoms. The van der Waals surface area contributed by atoms with Gasteiger partial charge in [0, 0.05) is 12.6 Å². The number of hydrogen-bond donors (Lipinski definition) is 2. The Bertz CT molecular complexity index is 567. The van der Waals surface area contributed by atoms with Crippen LogP contribution in [-0.2, 0) is 19.4 Å². The lowest BCUT2D eigenvalue weighted by molar-refractivity contribution is 0.590. The number of rotatable bonds is 1. The van der Waals surface area contributed by atoms with Crippen molar-refractivity contribution in [2.24, 2.45) is 0 Å². The van der Waals surface area contributed by atoms with Gasteiger partial charge in [-0.1, -0.05) is 48.5 Å². The molecular weight excluding hydrogens is 256 g/mol. The largest absolute Gasteiger partial charge is 0.313 e. The van der Waals surface area contributed by atoms with E-state index in [2.05, 4.69) is 59.2 Å². The zero-order valence-corrected chi connectivity index (χ0v) is 12.7. The van der Waals surface area contributed by atoms with Gasteiger partial charge in [0.15, 0.2) is 0 Å². The minimum Gasteiger partial charge on any atom is -0.313 e. The molecule has 0 spiro atoms. The van der Waals surface area contributed by atoms with E-state index < -0.39 is 0 Å². The summed E-state index contributed by atoms with van der Waals surface area (Å²) in [5.41, 5.74) is 6.00.